The molecule has 1 aliphatic heterocycles. The summed E-state index contributed by atoms with van der Waals surface area (Å²) in [4.78, 5) is 25.3. The fourth-order valence-corrected chi connectivity index (χ4v) is 3.14. The molecule has 0 unspecified atom stereocenters. The Hall–Kier alpha value is -2.12. The number of methoxy groups -OCH3 is 1. The maximum atomic E-state index is 12.8. The number of rotatable bonds is 8. The van der Waals surface area contributed by atoms with Crippen LogP contribution in [0, 0.1) is 5.41 Å². The number of likely N-dealkylation sites (tertiary alicyclic amines) is 1. The van der Waals surface area contributed by atoms with Crippen LogP contribution in [0.25, 0.3) is 0 Å². The van der Waals surface area contributed by atoms with Gasteiger partial charge in [0, 0.05) is 37.8 Å². The first kappa shape index (κ1) is 19.2. The third kappa shape index (κ3) is 5.17. The minimum atomic E-state index is -0.551. The van der Waals surface area contributed by atoms with Gasteiger partial charge in [0.05, 0.1) is 6.61 Å². The second-order valence-corrected chi connectivity index (χ2v) is 6.51. The number of hydrogen-bond acceptors (Lipinski definition) is 5. The van der Waals surface area contributed by atoms with Crippen molar-refractivity contribution in [2.24, 2.45) is 11.1 Å². The molecule has 1 aliphatic rings. The molecular formula is C18H26N2O5. The standard InChI is InChI=1S/C18H26N2O5/c1-24-10-8-18(13-21)7-2-9-20(12-18)17(23)14-3-5-15(6-4-14)25-11-16(19)22/h3-6,21H,2,7-13H2,1H3,(H2,19,22)/t18-/m1/s1. The maximum absolute atomic E-state index is 12.8. The smallest absolute Gasteiger partial charge is 0.255 e. The van der Waals surface area contributed by atoms with E-state index in [9.17, 15) is 14.7 Å². The van der Waals surface area contributed by atoms with Crippen LogP contribution >= 0.6 is 0 Å². The van der Waals surface area contributed by atoms with Crippen molar-refractivity contribution in [1.29, 1.82) is 0 Å². The van der Waals surface area contributed by atoms with Crippen molar-refractivity contribution >= 4 is 11.8 Å². The van der Waals surface area contributed by atoms with Crippen molar-refractivity contribution in [2.45, 2.75) is 19.3 Å². The number of primary amides is 1. The third-order valence-electron chi connectivity index (χ3n) is 4.60. The van der Waals surface area contributed by atoms with Gasteiger partial charge in [-0.15, -0.1) is 0 Å². The fourth-order valence-electron chi connectivity index (χ4n) is 3.14. The van der Waals surface area contributed by atoms with Crippen LogP contribution < -0.4 is 10.5 Å². The lowest BCUT2D eigenvalue weighted by molar-refractivity contribution is -0.119. The highest BCUT2D eigenvalue weighted by Crippen LogP contribution is 2.33. The van der Waals surface area contributed by atoms with Crippen molar-refractivity contribution in [1.82, 2.24) is 4.90 Å². The van der Waals surface area contributed by atoms with E-state index in [0.29, 0.717) is 31.0 Å². The highest BCUT2D eigenvalue weighted by molar-refractivity contribution is 5.94. The van der Waals surface area contributed by atoms with Gasteiger partial charge in [0.15, 0.2) is 6.61 Å². The summed E-state index contributed by atoms with van der Waals surface area (Å²) in [6.45, 7) is 1.60. The molecule has 0 spiro atoms. The number of nitrogens with two attached hydrogens (primary N) is 1. The van der Waals surface area contributed by atoms with Gasteiger partial charge in [-0.2, -0.15) is 0 Å². The molecule has 7 heteroatoms. The fraction of sp³-hybridized carbons (Fsp3) is 0.556. The molecule has 3 N–H and O–H groups in total. The number of piperidine rings is 1. The third-order valence-corrected chi connectivity index (χ3v) is 4.60. The molecule has 0 bridgehead atoms. The lowest BCUT2D eigenvalue weighted by Crippen LogP contribution is -2.48. The van der Waals surface area contributed by atoms with E-state index in [1.165, 1.54) is 0 Å². The molecule has 1 fully saturated rings. The molecule has 138 valence electrons. The Bertz CT molecular complexity index is 590. The normalized spacial score (nSPS) is 20.3. The second-order valence-electron chi connectivity index (χ2n) is 6.51. The van der Waals surface area contributed by atoms with Crippen LogP contribution in [-0.2, 0) is 9.53 Å². The molecule has 25 heavy (non-hydrogen) atoms. The Balaban J connectivity index is 2.02. The van der Waals surface area contributed by atoms with Gasteiger partial charge in [0.2, 0.25) is 0 Å². The Morgan fingerprint density at radius 1 is 1.32 bits per heavy atom. The van der Waals surface area contributed by atoms with E-state index in [4.69, 9.17) is 15.2 Å². The quantitative estimate of drug-likeness (QED) is 0.722. The van der Waals surface area contributed by atoms with Crippen LogP contribution in [0.2, 0.25) is 0 Å². The number of nitrogens with zero attached hydrogens (tertiary/aromatic N) is 1. The Morgan fingerprint density at radius 2 is 2.04 bits per heavy atom. The van der Waals surface area contributed by atoms with Crippen LogP contribution in [0.3, 0.4) is 0 Å². The molecule has 1 aromatic carbocycles. The number of carbonyl (C=O) groups excluding carboxylic acids is 2. The number of ether oxygens (including phenoxy) is 2. The van der Waals surface area contributed by atoms with E-state index in [-0.39, 0.29) is 24.5 Å². The number of amides is 2. The minimum Gasteiger partial charge on any atom is -0.484 e. The van der Waals surface area contributed by atoms with E-state index in [1.54, 1.807) is 36.3 Å². The maximum Gasteiger partial charge on any atom is 0.255 e. The topological polar surface area (TPSA) is 102 Å². The van der Waals surface area contributed by atoms with Gasteiger partial charge >= 0.3 is 0 Å². The van der Waals surface area contributed by atoms with Crippen molar-refractivity contribution in [3.05, 3.63) is 29.8 Å². The van der Waals surface area contributed by atoms with Gasteiger partial charge in [0.1, 0.15) is 5.75 Å². The molecule has 0 saturated carbocycles. The average molecular weight is 350 g/mol. The van der Waals surface area contributed by atoms with Crippen molar-refractivity contribution in [3.63, 3.8) is 0 Å². The van der Waals surface area contributed by atoms with Crippen LogP contribution in [0.15, 0.2) is 24.3 Å². The number of aliphatic hydroxyl groups excluding tert-OH is 1. The van der Waals surface area contributed by atoms with E-state index < -0.39 is 5.91 Å². The first-order valence-electron chi connectivity index (χ1n) is 8.40. The van der Waals surface area contributed by atoms with Crippen molar-refractivity contribution in [2.75, 3.05) is 40.0 Å². The molecular weight excluding hydrogens is 324 g/mol. The van der Waals surface area contributed by atoms with Gasteiger partial charge in [-0.05, 0) is 43.5 Å². The number of carbonyl (C=O) groups is 2. The zero-order chi connectivity index (χ0) is 18.3. The van der Waals surface area contributed by atoms with Crippen LogP contribution in [0.5, 0.6) is 5.75 Å². The summed E-state index contributed by atoms with van der Waals surface area (Å²) in [6, 6.07) is 6.63. The molecule has 7 nitrogen and oxygen atoms in total. The summed E-state index contributed by atoms with van der Waals surface area (Å²) in [6.07, 6.45) is 2.47. The predicted octanol–water partition coefficient (Wildman–Crippen LogP) is 0.802. The number of benzene rings is 1. The highest BCUT2D eigenvalue weighted by atomic mass is 16.5. The molecule has 2 amide bonds. The summed E-state index contributed by atoms with van der Waals surface area (Å²) in [5, 5.41) is 9.83. The predicted molar refractivity (Wildman–Crippen MR) is 92.3 cm³/mol. The number of aliphatic hydroxyl groups is 1. The Morgan fingerprint density at radius 3 is 2.64 bits per heavy atom. The zero-order valence-electron chi connectivity index (χ0n) is 14.6. The summed E-state index contributed by atoms with van der Waals surface area (Å²) in [5.74, 6) is -0.139. The molecule has 1 saturated heterocycles. The van der Waals surface area contributed by atoms with Crippen molar-refractivity contribution < 1.29 is 24.2 Å². The summed E-state index contributed by atoms with van der Waals surface area (Å²) in [5.41, 5.74) is 5.29. The molecule has 0 aromatic heterocycles. The largest absolute Gasteiger partial charge is 0.484 e. The first-order valence-corrected chi connectivity index (χ1v) is 8.40. The SMILES string of the molecule is COCC[C@]1(CO)CCCN(C(=O)c2ccc(OCC(N)=O)cc2)C1. The van der Waals surface area contributed by atoms with Gasteiger partial charge in [-0.25, -0.2) is 0 Å². The van der Waals surface area contributed by atoms with Gasteiger partial charge < -0.3 is 25.2 Å². The average Bonchev–Trinajstić information content (AvgIpc) is 2.64. The van der Waals surface area contributed by atoms with Gasteiger partial charge in [0.25, 0.3) is 11.8 Å². The molecule has 1 atom stereocenters. The van der Waals surface area contributed by atoms with E-state index in [1.807, 2.05) is 0 Å². The van der Waals surface area contributed by atoms with Crippen LogP contribution in [0.4, 0.5) is 0 Å². The van der Waals surface area contributed by atoms with Crippen LogP contribution in [-0.4, -0.2) is 61.8 Å². The second kappa shape index (κ2) is 8.82. The first-order chi connectivity index (χ1) is 12.0. The Labute approximate surface area is 147 Å². The van der Waals surface area contributed by atoms with Gasteiger partial charge in [-0.3, -0.25) is 9.59 Å². The monoisotopic (exact) mass is 350 g/mol. The van der Waals surface area contributed by atoms with Crippen molar-refractivity contribution in [3.8, 4) is 5.75 Å². The molecule has 0 aliphatic carbocycles. The summed E-state index contributed by atoms with van der Waals surface area (Å²) in [7, 11) is 1.64. The molecule has 1 aromatic rings. The molecule has 1 heterocycles. The van der Waals surface area contributed by atoms with E-state index in [2.05, 4.69) is 0 Å². The number of hydrogen-bond donors (Lipinski definition) is 2. The zero-order valence-corrected chi connectivity index (χ0v) is 14.6. The lowest BCUT2D eigenvalue weighted by Gasteiger charge is -2.41. The molecule has 2 rings (SSSR count). The highest BCUT2D eigenvalue weighted by Gasteiger charge is 2.36. The minimum absolute atomic E-state index is 0.0417. The molecule has 0 radical (unpaired) electrons. The Kier molecular flexibility index (Phi) is 6.78. The van der Waals surface area contributed by atoms with Crippen LogP contribution in [0.1, 0.15) is 29.6 Å². The van der Waals surface area contributed by atoms with E-state index in [0.717, 1.165) is 19.3 Å². The summed E-state index contributed by atoms with van der Waals surface area (Å²) < 4.78 is 10.3. The lowest BCUT2D eigenvalue weighted by atomic mass is 9.78. The van der Waals surface area contributed by atoms with Gasteiger partial charge in [-0.1, -0.05) is 0 Å². The summed E-state index contributed by atoms with van der Waals surface area (Å²) >= 11 is 0. The van der Waals surface area contributed by atoms with E-state index >= 15 is 0 Å².